The van der Waals surface area contributed by atoms with E-state index in [0.717, 1.165) is 31.0 Å². The summed E-state index contributed by atoms with van der Waals surface area (Å²) < 4.78 is 10.6. The van der Waals surface area contributed by atoms with Crippen LogP contribution in [-0.2, 0) is 6.42 Å². The highest BCUT2D eigenvalue weighted by Crippen LogP contribution is 2.27. The first-order valence-corrected chi connectivity index (χ1v) is 7.37. The van der Waals surface area contributed by atoms with Gasteiger partial charge in [0.25, 0.3) is 0 Å². The van der Waals surface area contributed by atoms with Crippen molar-refractivity contribution < 1.29 is 9.47 Å². The van der Waals surface area contributed by atoms with Crippen molar-refractivity contribution in [3.8, 4) is 11.5 Å². The zero-order valence-electron chi connectivity index (χ0n) is 12.8. The molecule has 0 aliphatic carbocycles. The number of hydrogen-bond acceptors (Lipinski definition) is 4. The molecule has 1 aliphatic rings. The number of likely N-dealkylation sites (tertiary alicyclic amines) is 1. The van der Waals surface area contributed by atoms with Crippen molar-refractivity contribution in [1.29, 1.82) is 0 Å². The van der Waals surface area contributed by atoms with Gasteiger partial charge in [0.05, 0.1) is 14.2 Å². The molecule has 112 valence electrons. The number of rotatable bonds is 6. The van der Waals surface area contributed by atoms with Gasteiger partial charge in [0.1, 0.15) is 0 Å². The van der Waals surface area contributed by atoms with Crippen LogP contribution in [0.1, 0.15) is 18.4 Å². The average molecular weight is 278 g/mol. The second-order valence-electron chi connectivity index (χ2n) is 5.37. The third-order valence-corrected chi connectivity index (χ3v) is 4.08. The summed E-state index contributed by atoms with van der Waals surface area (Å²) in [6.45, 7) is 3.48. The molecule has 1 N–H and O–H groups in total. The van der Waals surface area contributed by atoms with Crippen LogP contribution >= 0.6 is 0 Å². The second-order valence-corrected chi connectivity index (χ2v) is 5.37. The Morgan fingerprint density at radius 1 is 1.25 bits per heavy atom. The third-order valence-electron chi connectivity index (χ3n) is 4.08. The van der Waals surface area contributed by atoms with Gasteiger partial charge in [-0.3, -0.25) is 0 Å². The van der Waals surface area contributed by atoms with Gasteiger partial charge < -0.3 is 19.7 Å². The molecule has 2 rings (SSSR count). The minimum atomic E-state index is 0.647. The first-order chi connectivity index (χ1) is 9.76. The SMILES string of the molecule is CNC1CCCN(CCc2ccc(OC)c(OC)c2)C1. The molecular formula is C16H26N2O2. The number of methoxy groups -OCH3 is 2. The molecular weight excluding hydrogens is 252 g/mol. The number of likely N-dealkylation sites (N-methyl/N-ethyl adjacent to an activating group) is 1. The number of nitrogens with zero attached hydrogens (tertiary/aromatic N) is 1. The minimum Gasteiger partial charge on any atom is -0.493 e. The van der Waals surface area contributed by atoms with Gasteiger partial charge in [0.15, 0.2) is 11.5 Å². The van der Waals surface area contributed by atoms with Crippen molar-refractivity contribution in [2.24, 2.45) is 0 Å². The quantitative estimate of drug-likeness (QED) is 0.862. The summed E-state index contributed by atoms with van der Waals surface area (Å²) >= 11 is 0. The summed E-state index contributed by atoms with van der Waals surface area (Å²) in [6.07, 6.45) is 3.64. The van der Waals surface area contributed by atoms with E-state index in [9.17, 15) is 0 Å². The van der Waals surface area contributed by atoms with Gasteiger partial charge in [-0.15, -0.1) is 0 Å². The van der Waals surface area contributed by atoms with Crippen molar-refractivity contribution in [2.75, 3.05) is 40.9 Å². The van der Waals surface area contributed by atoms with Crippen molar-refractivity contribution in [3.05, 3.63) is 23.8 Å². The maximum Gasteiger partial charge on any atom is 0.160 e. The number of ether oxygens (including phenoxy) is 2. The van der Waals surface area contributed by atoms with E-state index in [2.05, 4.69) is 29.4 Å². The summed E-state index contributed by atoms with van der Waals surface area (Å²) in [7, 11) is 5.41. The zero-order valence-corrected chi connectivity index (χ0v) is 12.8. The number of piperidine rings is 1. The molecule has 0 radical (unpaired) electrons. The summed E-state index contributed by atoms with van der Waals surface area (Å²) in [6, 6.07) is 6.84. The van der Waals surface area contributed by atoms with E-state index in [4.69, 9.17) is 9.47 Å². The van der Waals surface area contributed by atoms with Gasteiger partial charge in [-0.2, -0.15) is 0 Å². The molecule has 1 aromatic rings. The Morgan fingerprint density at radius 2 is 2.05 bits per heavy atom. The van der Waals surface area contributed by atoms with Crippen LogP contribution in [0.5, 0.6) is 11.5 Å². The lowest BCUT2D eigenvalue weighted by atomic mass is 10.0. The van der Waals surface area contributed by atoms with E-state index < -0.39 is 0 Å². The van der Waals surface area contributed by atoms with Gasteiger partial charge in [0.2, 0.25) is 0 Å². The summed E-state index contributed by atoms with van der Waals surface area (Å²) in [5.74, 6) is 1.61. The lowest BCUT2D eigenvalue weighted by molar-refractivity contribution is 0.197. The Balaban J connectivity index is 1.90. The third kappa shape index (κ3) is 3.87. The van der Waals surface area contributed by atoms with E-state index >= 15 is 0 Å². The largest absolute Gasteiger partial charge is 0.493 e. The van der Waals surface area contributed by atoms with Crippen molar-refractivity contribution in [3.63, 3.8) is 0 Å². The van der Waals surface area contributed by atoms with Crippen LogP contribution in [0.25, 0.3) is 0 Å². The predicted molar refractivity (Wildman–Crippen MR) is 81.8 cm³/mol. The lowest BCUT2D eigenvalue weighted by Gasteiger charge is -2.32. The van der Waals surface area contributed by atoms with E-state index in [-0.39, 0.29) is 0 Å². The fourth-order valence-electron chi connectivity index (χ4n) is 2.82. The lowest BCUT2D eigenvalue weighted by Crippen LogP contribution is -2.44. The van der Waals surface area contributed by atoms with Gasteiger partial charge in [-0.25, -0.2) is 0 Å². The highest BCUT2D eigenvalue weighted by atomic mass is 16.5. The van der Waals surface area contributed by atoms with Crippen LogP contribution in [0.4, 0.5) is 0 Å². The zero-order chi connectivity index (χ0) is 14.4. The monoisotopic (exact) mass is 278 g/mol. The molecule has 4 heteroatoms. The van der Waals surface area contributed by atoms with Gasteiger partial charge in [0, 0.05) is 19.1 Å². The molecule has 0 saturated carbocycles. The van der Waals surface area contributed by atoms with Crippen molar-refractivity contribution in [2.45, 2.75) is 25.3 Å². The van der Waals surface area contributed by atoms with Crippen LogP contribution in [0, 0.1) is 0 Å². The molecule has 1 heterocycles. The maximum absolute atomic E-state index is 5.35. The highest BCUT2D eigenvalue weighted by Gasteiger charge is 2.17. The molecule has 4 nitrogen and oxygen atoms in total. The molecule has 1 unspecified atom stereocenters. The van der Waals surface area contributed by atoms with Crippen LogP contribution in [0.15, 0.2) is 18.2 Å². The molecule has 1 saturated heterocycles. The standard InChI is InChI=1S/C16H26N2O2/c1-17-14-5-4-9-18(12-14)10-8-13-6-7-15(19-2)16(11-13)20-3/h6-7,11,14,17H,4-5,8-10,12H2,1-3H3. The Bertz CT molecular complexity index is 423. The van der Waals surface area contributed by atoms with Crippen LogP contribution in [-0.4, -0.2) is 51.8 Å². The molecule has 1 atom stereocenters. The summed E-state index contributed by atoms with van der Waals surface area (Å²) in [5.41, 5.74) is 1.30. The normalized spacial score (nSPS) is 19.9. The van der Waals surface area contributed by atoms with Gasteiger partial charge in [-0.1, -0.05) is 6.07 Å². The molecule has 1 aliphatic heterocycles. The molecule has 0 aromatic heterocycles. The molecule has 0 bridgehead atoms. The fourth-order valence-corrected chi connectivity index (χ4v) is 2.82. The average Bonchev–Trinajstić information content (AvgIpc) is 2.52. The van der Waals surface area contributed by atoms with Crippen molar-refractivity contribution >= 4 is 0 Å². The Hall–Kier alpha value is -1.26. The summed E-state index contributed by atoms with van der Waals surface area (Å²) in [5, 5.41) is 3.39. The Labute approximate surface area is 122 Å². The number of benzene rings is 1. The number of nitrogens with one attached hydrogen (secondary N) is 1. The first-order valence-electron chi connectivity index (χ1n) is 7.37. The molecule has 0 spiro atoms. The van der Waals surface area contributed by atoms with E-state index in [1.165, 1.54) is 24.9 Å². The molecule has 0 amide bonds. The Kier molecular flexibility index (Phi) is 5.68. The highest BCUT2D eigenvalue weighted by molar-refractivity contribution is 5.42. The minimum absolute atomic E-state index is 0.647. The molecule has 1 aromatic carbocycles. The van der Waals surface area contributed by atoms with Gasteiger partial charge >= 0.3 is 0 Å². The van der Waals surface area contributed by atoms with E-state index in [0.29, 0.717) is 6.04 Å². The topological polar surface area (TPSA) is 33.7 Å². The fraction of sp³-hybridized carbons (Fsp3) is 0.625. The van der Waals surface area contributed by atoms with Crippen molar-refractivity contribution in [1.82, 2.24) is 10.2 Å². The first kappa shape index (κ1) is 15.1. The van der Waals surface area contributed by atoms with Crippen LogP contribution in [0.2, 0.25) is 0 Å². The van der Waals surface area contributed by atoms with Gasteiger partial charge in [-0.05, 0) is 50.6 Å². The summed E-state index contributed by atoms with van der Waals surface area (Å²) in [4.78, 5) is 2.54. The van der Waals surface area contributed by atoms with Crippen LogP contribution in [0.3, 0.4) is 0 Å². The number of hydrogen-bond donors (Lipinski definition) is 1. The smallest absolute Gasteiger partial charge is 0.160 e. The van der Waals surface area contributed by atoms with Crippen LogP contribution < -0.4 is 14.8 Å². The second kappa shape index (κ2) is 7.50. The van der Waals surface area contributed by atoms with E-state index in [1.54, 1.807) is 14.2 Å². The Morgan fingerprint density at radius 3 is 2.75 bits per heavy atom. The molecule has 1 fully saturated rings. The predicted octanol–water partition coefficient (Wildman–Crippen LogP) is 1.93. The molecule has 20 heavy (non-hydrogen) atoms. The van der Waals surface area contributed by atoms with E-state index in [1.807, 2.05) is 6.07 Å². The maximum atomic E-state index is 5.35.